The fraction of sp³-hybridized carbons (Fsp3) is 0.273. The van der Waals surface area contributed by atoms with E-state index in [-0.39, 0.29) is 12.0 Å². The number of rotatable bonds is 5. The van der Waals surface area contributed by atoms with Crippen molar-refractivity contribution in [2.45, 2.75) is 32.2 Å². The van der Waals surface area contributed by atoms with E-state index in [1.807, 2.05) is 53.2 Å². The standard InChI is InChI=1S/C22H22ClN3O3/c1-14(27)29-25-17-7-12-21-20(13-17)22(15-3-5-16(23)6-4-15)24-26(21)18-8-10-19(28-2)11-9-18/h3-6,8-11,17,25H,7,12-13H2,1-2H3/t17-/m0/s1. The first-order chi connectivity index (χ1) is 14.0. The molecule has 0 radical (unpaired) electrons. The van der Waals surface area contributed by atoms with Gasteiger partial charge in [-0.25, -0.2) is 4.68 Å². The van der Waals surface area contributed by atoms with Gasteiger partial charge in [0.1, 0.15) is 5.75 Å². The molecule has 1 aliphatic rings. The number of hydroxylamine groups is 1. The van der Waals surface area contributed by atoms with Crippen LogP contribution in [0.3, 0.4) is 0 Å². The van der Waals surface area contributed by atoms with E-state index in [4.69, 9.17) is 26.3 Å². The van der Waals surface area contributed by atoms with Gasteiger partial charge >= 0.3 is 5.97 Å². The SMILES string of the molecule is COc1ccc(-n2nc(-c3ccc(Cl)cc3)c3c2CC[C@H](NOC(C)=O)C3)cc1. The van der Waals surface area contributed by atoms with Crippen LogP contribution in [0.1, 0.15) is 24.6 Å². The molecular formula is C22H22ClN3O3. The number of methoxy groups -OCH3 is 1. The summed E-state index contributed by atoms with van der Waals surface area (Å²) in [5, 5.41) is 5.63. The number of hydrogen-bond donors (Lipinski definition) is 1. The highest BCUT2D eigenvalue weighted by Gasteiger charge is 2.28. The smallest absolute Gasteiger partial charge is 0.321 e. The zero-order valence-corrected chi connectivity index (χ0v) is 17.1. The summed E-state index contributed by atoms with van der Waals surface area (Å²) < 4.78 is 7.27. The number of halogens is 1. The lowest BCUT2D eigenvalue weighted by molar-refractivity contribution is -0.150. The predicted molar refractivity (Wildman–Crippen MR) is 111 cm³/mol. The molecule has 1 heterocycles. The Balaban J connectivity index is 1.75. The number of carbonyl (C=O) groups is 1. The minimum Gasteiger partial charge on any atom is -0.497 e. The van der Waals surface area contributed by atoms with Crippen LogP contribution in [-0.2, 0) is 22.5 Å². The summed E-state index contributed by atoms with van der Waals surface area (Å²) in [4.78, 5) is 16.2. The zero-order valence-electron chi connectivity index (χ0n) is 16.3. The third-order valence-corrected chi connectivity index (χ3v) is 5.33. The molecule has 150 valence electrons. The summed E-state index contributed by atoms with van der Waals surface area (Å²) in [7, 11) is 1.65. The highest BCUT2D eigenvalue weighted by molar-refractivity contribution is 6.30. The Bertz CT molecular complexity index is 1010. The minimum atomic E-state index is -0.345. The summed E-state index contributed by atoms with van der Waals surface area (Å²) >= 11 is 6.07. The van der Waals surface area contributed by atoms with E-state index in [0.29, 0.717) is 5.02 Å². The minimum absolute atomic E-state index is 0.0472. The molecule has 0 saturated heterocycles. The highest BCUT2D eigenvalue weighted by atomic mass is 35.5. The van der Waals surface area contributed by atoms with Gasteiger partial charge in [0.2, 0.25) is 0 Å². The van der Waals surface area contributed by atoms with Crippen molar-refractivity contribution in [3.8, 4) is 22.7 Å². The first kappa shape index (κ1) is 19.5. The van der Waals surface area contributed by atoms with Gasteiger partial charge in [-0.2, -0.15) is 5.10 Å². The number of nitrogens with zero attached hydrogens (tertiary/aromatic N) is 2. The van der Waals surface area contributed by atoms with Crippen LogP contribution in [0.25, 0.3) is 16.9 Å². The van der Waals surface area contributed by atoms with Gasteiger partial charge in [-0.05, 0) is 55.7 Å². The molecule has 3 aromatic rings. The Morgan fingerprint density at radius 3 is 2.55 bits per heavy atom. The largest absolute Gasteiger partial charge is 0.497 e. The van der Waals surface area contributed by atoms with Crippen molar-refractivity contribution in [3.05, 3.63) is 64.8 Å². The van der Waals surface area contributed by atoms with E-state index in [1.54, 1.807) is 7.11 Å². The second-order valence-corrected chi connectivity index (χ2v) is 7.48. The molecule has 0 spiro atoms. The quantitative estimate of drug-likeness (QED) is 0.639. The maximum atomic E-state index is 11.2. The van der Waals surface area contributed by atoms with Gasteiger partial charge in [0.15, 0.2) is 0 Å². The zero-order chi connectivity index (χ0) is 20.4. The number of benzene rings is 2. The van der Waals surface area contributed by atoms with E-state index in [1.165, 1.54) is 12.6 Å². The van der Waals surface area contributed by atoms with Crippen LogP contribution in [-0.4, -0.2) is 28.9 Å². The van der Waals surface area contributed by atoms with Crippen LogP contribution in [0, 0.1) is 0 Å². The highest BCUT2D eigenvalue weighted by Crippen LogP contribution is 2.33. The summed E-state index contributed by atoms with van der Waals surface area (Å²) in [5.74, 6) is 0.459. The third-order valence-electron chi connectivity index (χ3n) is 5.07. The molecule has 4 rings (SSSR count). The molecule has 6 nitrogen and oxygen atoms in total. The summed E-state index contributed by atoms with van der Waals surface area (Å²) in [6, 6.07) is 15.6. The Labute approximate surface area is 174 Å². The number of fused-ring (bicyclic) bond motifs is 1. The van der Waals surface area contributed by atoms with Crippen LogP contribution in [0.5, 0.6) is 5.75 Å². The molecule has 1 aliphatic carbocycles. The van der Waals surface area contributed by atoms with Gasteiger partial charge in [-0.15, -0.1) is 5.48 Å². The Kier molecular flexibility index (Phi) is 5.56. The lowest BCUT2D eigenvalue weighted by atomic mass is 9.90. The van der Waals surface area contributed by atoms with E-state index >= 15 is 0 Å². The molecule has 0 amide bonds. The molecule has 0 aliphatic heterocycles. The number of carbonyl (C=O) groups excluding carboxylic acids is 1. The molecule has 1 atom stereocenters. The number of hydrogen-bond acceptors (Lipinski definition) is 5. The molecule has 0 saturated carbocycles. The first-order valence-electron chi connectivity index (χ1n) is 9.49. The van der Waals surface area contributed by atoms with Crippen molar-refractivity contribution in [1.29, 1.82) is 0 Å². The van der Waals surface area contributed by atoms with Crippen LogP contribution in [0.4, 0.5) is 0 Å². The average molecular weight is 412 g/mol. The van der Waals surface area contributed by atoms with Gasteiger partial charge in [-0.3, -0.25) is 4.79 Å². The van der Waals surface area contributed by atoms with Crippen LogP contribution in [0.15, 0.2) is 48.5 Å². The summed E-state index contributed by atoms with van der Waals surface area (Å²) in [5.41, 5.74) is 8.11. The molecule has 0 bridgehead atoms. The molecular weight excluding hydrogens is 390 g/mol. The maximum Gasteiger partial charge on any atom is 0.321 e. The van der Waals surface area contributed by atoms with Crippen molar-refractivity contribution in [1.82, 2.24) is 15.3 Å². The molecule has 1 N–H and O–H groups in total. The van der Waals surface area contributed by atoms with E-state index < -0.39 is 0 Å². The number of nitrogens with one attached hydrogen (secondary N) is 1. The Morgan fingerprint density at radius 1 is 1.17 bits per heavy atom. The topological polar surface area (TPSA) is 65.4 Å². The van der Waals surface area contributed by atoms with E-state index in [2.05, 4.69) is 5.48 Å². The van der Waals surface area contributed by atoms with Crippen molar-refractivity contribution in [2.75, 3.05) is 7.11 Å². The lowest BCUT2D eigenvalue weighted by Gasteiger charge is -2.23. The first-order valence-corrected chi connectivity index (χ1v) is 9.87. The van der Waals surface area contributed by atoms with Gasteiger partial charge < -0.3 is 9.57 Å². The molecule has 0 unspecified atom stereocenters. The normalized spacial score (nSPS) is 15.6. The second-order valence-electron chi connectivity index (χ2n) is 7.04. The van der Waals surface area contributed by atoms with Gasteiger partial charge in [-0.1, -0.05) is 23.7 Å². The number of ether oxygens (including phenoxy) is 1. The number of aromatic nitrogens is 2. The van der Waals surface area contributed by atoms with Crippen LogP contribution < -0.4 is 10.2 Å². The maximum absolute atomic E-state index is 11.2. The molecule has 29 heavy (non-hydrogen) atoms. The molecule has 2 aromatic carbocycles. The van der Waals surface area contributed by atoms with Gasteiger partial charge in [0, 0.05) is 34.8 Å². The summed E-state index contributed by atoms with van der Waals surface area (Å²) in [6.45, 7) is 1.39. The fourth-order valence-electron chi connectivity index (χ4n) is 3.66. The fourth-order valence-corrected chi connectivity index (χ4v) is 3.79. The van der Waals surface area contributed by atoms with Crippen LogP contribution in [0.2, 0.25) is 5.02 Å². The van der Waals surface area contributed by atoms with Crippen molar-refractivity contribution >= 4 is 17.6 Å². The van der Waals surface area contributed by atoms with Crippen molar-refractivity contribution in [2.24, 2.45) is 0 Å². The Morgan fingerprint density at radius 2 is 1.90 bits per heavy atom. The Hall–Kier alpha value is -2.83. The van der Waals surface area contributed by atoms with Gasteiger partial charge in [0.05, 0.1) is 18.5 Å². The van der Waals surface area contributed by atoms with Crippen LogP contribution >= 0.6 is 11.6 Å². The monoisotopic (exact) mass is 411 g/mol. The molecule has 0 fully saturated rings. The lowest BCUT2D eigenvalue weighted by Crippen LogP contribution is -2.36. The third kappa shape index (κ3) is 4.13. The van der Waals surface area contributed by atoms with Crippen molar-refractivity contribution in [3.63, 3.8) is 0 Å². The second kappa shape index (κ2) is 8.27. The van der Waals surface area contributed by atoms with Crippen molar-refractivity contribution < 1.29 is 14.4 Å². The predicted octanol–water partition coefficient (Wildman–Crippen LogP) is 4.13. The van der Waals surface area contributed by atoms with E-state index in [0.717, 1.165) is 47.5 Å². The molecule has 7 heteroatoms. The van der Waals surface area contributed by atoms with Gasteiger partial charge in [0.25, 0.3) is 0 Å². The molecule has 1 aromatic heterocycles. The van der Waals surface area contributed by atoms with E-state index in [9.17, 15) is 4.79 Å². The average Bonchev–Trinajstić information content (AvgIpc) is 3.12. The summed E-state index contributed by atoms with van der Waals surface area (Å²) in [6.07, 6.45) is 2.39.